The Morgan fingerprint density at radius 2 is 1.50 bits per heavy atom. The maximum absolute atomic E-state index is 15.0. The number of carbonyl (C=O) groups is 3. The number of esters is 1. The van der Waals surface area contributed by atoms with Gasteiger partial charge in [0.05, 0.1) is 35.9 Å². The van der Waals surface area contributed by atoms with Crippen LogP contribution in [0, 0.1) is 17.8 Å². The number of benzene rings is 3. The van der Waals surface area contributed by atoms with E-state index in [4.69, 9.17) is 53.2 Å². The highest BCUT2D eigenvalue weighted by atomic mass is 32.1. The number of nitrogen functional groups attached to an aromatic ring is 1. The Morgan fingerprint density at radius 1 is 0.895 bits per heavy atom. The van der Waals surface area contributed by atoms with Crippen LogP contribution in [0.25, 0.3) is 0 Å². The highest BCUT2D eigenvalue weighted by Gasteiger charge is 2.59. The molecule has 4 saturated heterocycles. The monoisotopic (exact) mass is 1220 g/mol. The first-order chi connectivity index (χ1) is 40.7. The third-order valence-corrected chi connectivity index (χ3v) is 18.4. The van der Waals surface area contributed by atoms with Crippen molar-refractivity contribution in [3.8, 4) is 0 Å². The molecule has 86 heavy (non-hydrogen) atoms. The van der Waals surface area contributed by atoms with E-state index in [1.165, 1.54) is 18.4 Å². The van der Waals surface area contributed by atoms with Crippen LogP contribution in [0.4, 0.5) is 14.7 Å². The number of hydrogen-bond acceptors (Lipinski definition) is 21. The lowest BCUT2D eigenvalue weighted by Crippen LogP contribution is -2.61. The van der Waals surface area contributed by atoms with E-state index in [-0.39, 0.29) is 54.0 Å². The van der Waals surface area contributed by atoms with Crippen LogP contribution in [0.5, 0.6) is 0 Å². The van der Waals surface area contributed by atoms with Crippen LogP contribution in [0.2, 0.25) is 0 Å². The van der Waals surface area contributed by atoms with Gasteiger partial charge < -0.3 is 63.5 Å². The summed E-state index contributed by atoms with van der Waals surface area (Å²) in [6, 6.07) is 28.3. The molecule has 472 valence electrons. The molecular weight excluding hydrogens is 1130 g/mol. The quantitative estimate of drug-likeness (QED) is 0.0190. The second-order valence-electron chi connectivity index (χ2n) is 24.6. The number of likely N-dealkylation sites (N-methyl/N-ethyl adjacent to an activating group) is 2. The first-order valence-corrected chi connectivity index (χ1v) is 30.5. The van der Waals surface area contributed by atoms with E-state index in [0.29, 0.717) is 13.0 Å². The molecule has 3 aromatic carbocycles. The number of fused-ring (bicyclic) bond motifs is 1. The molecule has 23 heteroatoms. The van der Waals surface area contributed by atoms with Gasteiger partial charge >= 0.3 is 18.2 Å². The number of anilines is 1. The van der Waals surface area contributed by atoms with E-state index in [1.54, 1.807) is 40.0 Å². The number of amidine groups is 1. The third-order valence-electron chi connectivity index (χ3n) is 17.7. The Bertz CT molecular complexity index is 2810. The Hall–Kier alpha value is -5.83. The van der Waals surface area contributed by atoms with Gasteiger partial charge in [-0.15, -0.1) is 16.4 Å². The molecule has 5 heterocycles. The fourth-order valence-electron chi connectivity index (χ4n) is 13.1. The van der Waals surface area contributed by atoms with Gasteiger partial charge in [-0.3, -0.25) is 14.5 Å². The first-order valence-electron chi connectivity index (χ1n) is 29.7. The van der Waals surface area contributed by atoms with E-state index >= 15 is 0 Å². The molecule has 4 aliphatic rings. The number of aliphatic hydroxyl groups is 2. The summed E-state index contributed by atoms with van der Waals surface area (Å²) in [7, 11) is 7.14. The van der Waals surface area contributed by atoms with Crippen LogP contribution in [-0.4, -0.2) is 174 Å². The van der Waals surface area contributed by atoms with Crippen molar-refractivity contribution in [3.05, 3.63) is 119 Å². The number of hydroxylamine groups is 1. The number of ether oxygens (including phenoxy) is 9. The summed E-state index contributed by atoms with van der Waals surface area (Å²) in [5.74, 6) is -2.87. The highest BCUT2D eigenvalue weighted by Crippen LogP contribution is 2.44. The van der Waals surface area contributed by atoms with Crippen molar-refractivity contribution in [2.75, 3.05) is 40.5 Å². The van der Waals surface area contributed by atoms with Crippen molar-refractivity contribution in [3.63, 3.8) is 0 Å². The van der Waals surface area contributed by atoms with Gasteiger partial charge in [-0.1, -0.05) is 112 Å². The minimum absolute atomic E-state index is 0.00415. The Kier molecular flexibility index (Phi) is 21.3. The van der Waals surface area contributed by atoms with Crippen molar-refractivity contribution < 1.29 is 72.1 Å². The van der Waals surface area contributed by atoms with Crippen molar-refractivity contribution in [2.45, 2.75) is 191 Å². The number of nitrogens with zero attached hydrogens (tertiary/aromatic N) is 4. The molecule has 4 aromatic rings. The van der Waals surface area contributed by atoms with Crippen molar-refractivity contribution in [2.24, 2.45) is 22.9 Å². The minimum Gasteiger partial charge on any atom is -0.458 e. The largest absolute Gasteiger partial charge is 0.509 e. The number of methoxy groups -OCH3 is 1. The fourth-order valence-corrected chi connectivity index (χ4v) is 13.7. The van der Waals surface area contributed by atoms with Crippen LogP contribution in [-0.2, 0) is 57.9 Å². The summed E-state index contributed by atoms with van der Waals surface area (Å²) >= 11 is 1.17. The number of aliphatic hydroxyl groups excluding tert-OH is 1. The van der Waals surface area contributed by atoms with Gasteiger partial charge in [-0.05, 0) is 111 Å². The van der Waals surface area contributed by atoms with E-state index in [2.05, 4.69) is 21.0 Å². The number of amides is 1. The number of aromatic nitrogens is 1. The molecule has 0 radical (unpaired) electrons. The standard InChI is InChI=1S/C63H89N7O15S/c1-15-47-62(10)52(83-59(74)84-62)40(6)70(13)34-36(2)32-60(8,75)51(81-56-49(71)46(69(11)12)31-37(3)77-56)38(4)50(39(5)55(72)79-47)80-48-33-61(9,76-14)53(41(7)78-48)82-58(73)67-66-54(45-35-86-57(64)65-45)68-85-63(42-25-19-16-20-26-42,43-27-21-17-22-28-43)44-29-23-18-24-30-44/h16-30,35-41,46-53,56,71,75H,15,31-34H2,1-14H3,(H2,64,65)(H,66,68)(H,67,73)/t36-,37-,38+,39-,40-,41+,46+,47-,48+,49-,50+,51-,52+,53+,56+,60-,61-,62-/m1/s1. The van der Waals surface area contributed by atoms with Gasteiger partial charge in [0.1, 0.15) is 23.5 Å². The average Bonchev–Trinajstić information content (AvgIpc) is 1.25. The van der Waals surface area contributed by atoms with Crippen molar-refractivity contribution >= 4 is 40.5 Å². The zero-order valence-corrected chi connectivity index (χ0v) is 52.7. The maximum Gasteiger partial charge on any atom is 0.509 e. The number of nitrogens with one attached hydrogen (secondary N) is 2. The van der Waals surface area contributed by atoms with Gasteiger partial charge in [0.15, 0.2) is 47.0 Å². The van der Waals surface area contributed by atoms with Gasteiger partial charge in [0, 0.05) is 43.5 Å². The molecule has 0 saturated carbocycles. The zero-order valence-electron chi connectivity index (χ0n) is 51.9. The number of nitrogens with two attached hydrogens (primary N) is 1. The van der Waals surface area contributed by atoms with E-state index in [0.717, 1.165) is 16.7 Å². The lowest BCUT2D eigenvalue weighted by atomic mass is 9.77. The maximum atomic E-state index is 15.0. The van der Waals surface area contributed by atoms with Gasteiger partial charge in [0.25, 0.3) is 0 Å². The molecule has 6 N–H and O–H groups in total. The number of hydrogen-bond donors (Lipinski definition) is 5. The van der Waals surface area contributed by atoms with E-state index in [9.17, 15) is 24.6 Å². The van der Waals surface area contributed by atoms with Crippen LogP contribution in [0.1, 0.15) is 117 Å². The smallest absolute Gasteiger partial charge is 0.458 e. The average molecular weight is 1220 g/mol. The lowest BCUT2D eigenvalue weighted by Gasteiger charge is -2.49. The SMILES string of the molecule is CC[C@H]1OC(=O)[C@H](C)[C@@H](O[C@H]2C[C@@](C)(OC)[C@@H](OC(=O)N/N=C(\NOC(c3ccccc3)(c3ccccc3)c3ccccc3)c3csc(N)n3)[C@H](C)O2)[C@H](C)[C@@H](O[C@@H]2O[C@H](C)C[C@H](N(C)C)[C@H]2O)[C@](C)(O)C[C@@H](C)CN(C)[C@H](C)[C@@H]2OC(=O)O[C@]12C. The normalized spacial score (nSPS) is 35.3. The number of cyclic esters (lactones) is 1. The Morgan fingerprint density at radius 3 is 2.05 bits per heavy atom. The summed E-state index contributed by atoms with van der Waals surface area (Å²) in [4.78, 5) is 57.4. The molecule has 0 spiro atoms. The zero-order chi connectivity index (χ0) is 62.5. The summed E-state index contributed by atoms with van der Waals surface area (Å²) < 4.78 is 57.5. The van der Waals surface area contributed by atoms with Crippen LogP contribution in [0.3, 0.4) is 0 Å². The van der Waals surface area contributed by atoms with Crippen LogP contribution in [0.15, 0.2) is 101 Å². The van der Waals surface area contributed by atoms with E-state index in [1.807, 2.05) is 157 Å². The number of thiazole rings is 1. The minimum atomic E-state index is -1.66. The van der Waals surface area contributed by atoms with Gasteiger partial charge in [0.2, 0.25) is 0 Å². The summed E-state index contributed by atoms with van der Waals surface area (Å²) in [6.45, 7) is 18.4. The van der Waals surface area contributed by atoms with E-state index < -0.39 is 114 Å². The molecule has 4 fully saturated rings. The molecular formula is C63H89N7O15S. The molecule has 4 aliphatic heterocycles. The van der Waals surface area contributed by atoms with Crippen LogP contribution < -0.4 is 16.6 Å². The highest BCUT2D eigenvalue weighted by molar-refractivity contribution is 7.13. The topological polar surface area (TPSA) is 266 Å². The second kappa shape index (κ2) is 27.7. The van der Waals surface area contributed by atoms with Crippen molar-refractivity contribution in [1.82, 2.24) is 25.7 Å². The summed E-state index contributed by atoms with van der Waals surface area (Å²) in [5.41, 5.74) is 8.76. The number of rotatable bonds is 15. The molecule has 1 aromatic heterocycles. The van der Waals surface area contributed by atoms with Crippen LogP contribution >= 0.6 is 11.3 Å². The molecule has 22 nitrogen and oxygen atoms in total. The molecule has 0 aliphatic carbocycles. The molecule has 8 rings (SSSR count). The van der Waals surface area contributed by atoms with Gasteiger partial charge in [-0.25, -0.2) is 25.5 Å². The predicted molar refractivity (Wildman–Crippen MR) is 321 cm³/mol. The first kappa shape index (κ1) is 66.1. The second-order valence-corrected chi connectivity index (χ2v) is 25.5. The molecule has 0 unspecified atom stereocenters. The summed E-state index contributed by atoms with van der Waals surface area (Å²) in [6.07, 6.45) is -10.8. The number of hydrazone groups is 1. The predicted octanol–water partition coefficient (Wildman–Crippen LogP) is 7.73. The Balaban J connectivity index is 1.08. The molecule has 0 bridgehead atoms. The van der Waals surface area contributed by atoms with Gasteiger partial charge in [-0.2, -0.15) is 0 Å². The Labute approximate surface area is 509 Å². The van der Waals surface area contributed by atoms with Crippen molar-refractivity contribution in [1.29, 1.82) is 0 Å². The third kappa shape index (κ3) is 14.3. The molecule has 1 amide bonds. The fraction of sp³-hybridized carbons (Fsp3) is 0.603. The molecule has 18 atom stereocenters. The summed E-state index contributed by atoms with van der Waals surface area (Å²) in [5, 5.41) is 31.2. The lowest BCUT2D eigenvalue weighted by molar-refractivity contribution is -0.317. The number of carbonyl (C=O) groups excluding carboxylic acids is 3.